The van der Waals surface area contributed by atoms with Crippen molar-refractivity contribution >= 4 is 0 Å². The number of aryl methyl sites for hydroxylation is 15. The minimum absolute atomic E-state index is 0.136. The predicted molar refractivity (Wildman–Crippen MR) is 235 cm³/mol. The van der Waals surface area contributed by atoms with Crippen LogP contribution in [0.2, 0.25) is 0 Å². The highest BCUT2D eigenvalue weighted by Gasteiger charge is 2.21. The molecule has 0 fully saturated rings. The van der Waals surface area contributed by atoms with Gasteiger partial charge in [-0.2, -0.15) is 0 Å². The third kappa shape index (κ3) is 9.38. The summed E-state index contributed by atoms with van der Waals surface area (Å²) in [6.45, 7) is 12.8. The molecule has 2 aliphatic carbocycles. The predicted octanol–water partition coefficient (Wildman–Crippen LogP) is 11.0. The Bertz CT molecular complexity index is 2660. The molecule has 8 rings (SSSR count). The zero-order valence-corrected chi connectivity index (χ0v) is 35.5. The average molecular weight is 752 g/mol. The van der Waals surface area contributed by atoms with E-state index in [1.807, 2.05) is 6.92 Å². The Morgan fingerprint density at radius 1 is 0.482 bits per heavy atom. The number of aromatic nitrogens is 3. The number of benzene rings is 3. The summed E-state index contributed by atoms with van der Waals surface area (Å²) in [4.78, 5) is 0. The van der Waals surface area contributed by atoms with E-state index in [1.54, 1.807) is 53.2 Å². The lowest BCUT2D eigenvalue weighted by Gasteiger charge is -2.15. The molecule has 0 amide bonds. The molecule has 3 heteroatoms. The maximum Gasteiger partial charge on any atom is 0.212 e. The van der Waals surface area contributed by atoms with Crippen molar-refractivity contribution in [2.24, 2.45) is 21.1 Å². The van der Waals surface area contributed by atoms with Gasteiger partial charge in [-0.25, -0.2) is 13.7 Å². The van der Waals surface area contributed by atoms with Gasteiger partial charge in [0.1, 0.15) is 21.1 Å². The van der Waals surface area contributed by atoms with Crippen molar-refractivity contribution in [3.8, 4) is 33.8 Å². The fourth-order valence-electron chi connectivity index (χ4n) is 8.30. The normalized spacial score (nSPS) is 17.0. The minimum atomic E-state index is -2.17. The van der Waals surface area contributed by atoms with Gasteiger partial charge >= 0.3 is 0 Å². The molecule has 56 heavy (non-hydrogen) atoms. The van der Waals surface area contributed by atoms with Gasteiger partial charge in [0.25, 0.3) is 0 Å². The average Bonchev–Trinajstić information content (AvgIpc) is 3.21. The van der Waals surface area contributed by atoms with Gasteiger partial charge in [-0.15, -0.1) is 0 Å². The Balaban J connectivity index is 0.000000161. The van der Waals surface area contributed by atoms with Crippen molar-refractivity contribution in [1.82, 2.24) is 0 Å². The molecule has 0 saturated carbocycles. The summed E-state index contributed by atoms with van der Waals surface area (Å²) in [5, 5.41) is 0. The Labute approximate surface area is 348 Å². The first-order chi connectivity index (χ1) is 29.5. The second-order valence-electron chi connectivity index (χ2n) is 16.0. The Morgan fingerprint density at radius 3 is 1.46 bits per heavy atom. The van der Waals surface area contributed by atoms with E-state index in [1.165, 1.54) is 81.6 Å². The summed E-state index contributed by atoms with van der Waals surface area (Å²) in [5.41, 5.74) is 20.0. The molecule has 0 saturated heterocycles. The lowest BCUT2D eigenvalue weighted by atomic mass is 9.91. The van der Waals surface area contributed by atoms with E-state index < -0.39 is 19.6 Å². The van der Waals surface area contributed by atoms with Gasteiger partial charge in [0, 0.05) is 61.2 Å². The van der Waals surface area contributed by atoms with Gasteiger partial charge < -0.3 is 0 Å². The lowest BCUT2D eigenvalue weighted by Crippen LogP contribution is -2.32. The van der Waals surface area contributed by atoms with E-state index in [-0.39, 0.29) is 18.4 Å². The highest BCUT2D eigenvalue weighted by Crippen LogP contribution is 2.29. The number of hydrogen-bond acceptors (Lipinski definition) is 0. The monoisotopic (exact) mass is 752 g/mol. The molecule has 3 aromatic carbocycles. The Morgan fingerprint density at radius 2 is 0.929 bits per heavy atom. The molecule has 3 heterocycles. The van der Waals surface area contributed by atoms with E-state index in [0.29, 0.717) is 11.1 Å². The van der Waals surface area contributed by atoms with Crippen LogP contribution < -0.4 is 13.7 Å². The molecule has 3 aromatic heterocycles. The second kappa shape index (κ2) is 17.9. The SMILES string of the molecule is CCc1c[n+](C)c(-c2ccc(C)cc2C)cc1C.Cc1ccc(-c2cc3c(c[n+]2C)CCCC3)c(C)c1.[2H]C([2H])([2H])c1ccc(-c2cc3c(c[n+]2C)C([2H])([2H])CCC3([2H])[2H])c(C)c1. The first-order valence-corrected chi connectivity index (χ1v) is 20.3. The van der Waals surface area contributed by atoms with Crippen LogP contribution in [0.4, 0.5) is 0 Å². The molecule has 6 aromatic rings. The summed E-state index contributed by atoms with van der Waals surface area (Å²) in [7, 11) is 6.10. The number of rotatable bonds is 4. The number of pyridine rings is 3. The quantitative estimate of drug-likeness (QED) is 0.159. The first kappa shape index (κ1) is 32.2. The number of hydrogen-bond donors (Lipinski definition) is 0. The van der Waals surface area contributed by atoms with Crippen molar-refractivity contribution in [1.29, 1.82) is 0 Å². The van der Waals surface area contributed by atoms with Crippen molar-refractivity contribution in [3.05, 3.63) is 158 Å². The topological polar surface area (TPSA) is 11.6 Å². The molecule has 0 atom stereocenters. The molecule has 0 aliphatic heterocycles. The maximum atomic E-state index is 8.30. The molecular formula is C53H66N3+3. The standard InChI is InChI=1S/2C18H22N.C17H22N/c2*1-13-8-9-17(14(2)10-13)18-11-15-6-4-5-7-16(15)12-19(18)3;1-6-15-11-18(5)17(10-13(15)3)16-8-7-12(2)9-14(16)4/h2*8-12H,4-7H2,1-3H3;7-11H,6H2,1-5H3/q3*+1/i1D3,6D2,7D2;;. The first-order valence-electron chi connectivity index (χ1n) is 23.8. The maximum absolute atomic E-state index is 8.30. The summed E-state index contributed by atoms with van der Waals surface area (Å²) in [5.74, 6) is 0. The molecule has 2 aliphatic rings. The van der Waals surface area contributed by atoms with Crippen LogP contribution in [0.3, 0.4) is 0 Å². The third-order valence-electron chi connectivity index (χ3n) is 11.4. The van der Waals surface area contributed by atoms with Crippen LogP contribution >= 0.6 is 0 Å². The molecule has 290 valence electrons. The highest BCUT2D eigenvalue weighted by atomic mass is 14.9. The third-order valence-corrected chi connectivity index (χ3v) is 11.4. The number of nitrogens with zero attached hydrogens (tertiary/aromatic N) is 3. The van der Waals surface area contributed by atoms with Crippen LogP contribution in [0.15, 0.2) is 91.4 Å². The van der Waals surface area contributed by atoms with E-state index in [0.717, 1.165) is 23.2 Å². The minimum Gasteiger partial charge on any atom is -0.201 e. The smallest absolute Gasteiger partial charge is 0.201 e. The van der Waals surface area contributed by atoms with Gasteiger partial charge in [0.15, 0.2) is 18.6 Å². The number of fused-ring (bicyclic) bond motifs is 2. The molecule has 0 spiro atoms. The van der Waals surface area contributed by atoms with E-state index in [4.69, 9.17) is 9.60 Å². The van der Waals surface area contributed by atoms with Crippen LogP contribution in [-0.4, -0.2) is 0 Å². The van der Waals surface area contributed by atoms with Crippen molar-refractivity contribution in [2.45, 2.75) is 113 Å². The van der Waals surface area contributed by atoms with Crippen LogP contribution in [0, 0.1) is 48.4 Å². The molecule has 0 bridgehead atoms. The summed E-state index contributed by atoms with van der Waals surface area (Å²) in [6.07, 6.45) is 9.66. The molecule has 3 nitrogen and oxygen atoms in total. The molecular weight excluding hydrogens is 679 g/mol. The van der Waals surface area contributed by atoms with E-state index >= 15 is 0 Å². The van der Waals surface area contributed by atoms with Crippen LogP contribution in [0.5, 0.6) is 0 Å². The van der Waals surface area contributed by atoms with Gasteiger partial charge in [-0.05, 0) is 158 Å². The molecule has 0 N–H and O–H groups in total. The molecule has 0 radical (unpaired) electrons. The highest BCUT2D eigenvalue weighted by molar-refractivity contribution is 5.64. The van der Waals surface area contributed by atoms with Gasteiger partial charge in [0.05, 0.1) is 0 Å². The lowest BCUT2D eigenvalue weighted by molar-refractivity contribution is -0.661. The summed E-state index contributed by atoms with van der Waals surface area (Å²) < 4.78 is 62.0. The van der Waals surface area contributed by atoms with Gasteiger partial charge in [-0.3, -0.25) is 0 Å². The fourth-order valence-corrected chi connectivity index (χ4v) is 8.30. The van der Waals surface area contributed by atoms with Crippen molar-refractivity contribution in [2.75, 3.05) is 0 Å². The summed E-state index contributed by atoms with van der Waals surface area (Å²) >= 11 is 0. The van der Waals surface area contributed by atoms with Gasteiger partial charge in [-0.1, -0.05) is 60.0 Å². The fraction of sp³-hybridized carbons (Fsp3) is 0.377. The van der Waals surface area contributed by atoms with E-state index in [2.05, 4.69) is 126 Å². The van der Waals surface area contributed by atoms with Gasteiger partial charge in [0.2, 0.25) is 17.1 Å². The zero-order chi connectivity index (χ0) is 46.2. The van der Waals surface area contributed by atoms with E-state index in [9.17, 15) is 0 Å². The Kier molecular flexibility index (Phi) is 10.3. The van der Waals surface area contributed by atoms with Crippen LogP contribution in [-0.2, 0) is 53.2 Å². The second-order valence-corrected chi connectivity index (χ2v) is 16.0. The van der Waals surface area contributed by atoms with Crippen molar-refractivity contribution in [3.63, 3.8) is 0 Å². The van der Waals surface area contributed by atoms with Crippen LogP contribution in [0.1, 0.15) is 109 Å². The molecule has 0 unspecified atom stereocenters. The Hall–Kier alpha value is -4.89. The summed E-state index contributed by atoms with van der Waals surface area (Å²) in [6, 6.07) is 24.8. The van der Waals surface area contributed by atoms with Crippen molar-refractivity contribution < 1.29 is 23.3 Å². The van der Waals surface area contributed by atoms with Crippen LogP contribution in [0.25, 0.3) is 33.8 Å². The largest absolute Gasteiger partial charge is 0.212 e. The zero-order valence-electron chi connectivity index (χ0n) is 42.5.